The second kappa shape index (κ2) is 15.1. The SMILES string of the molecule is C/C=C/CNc1nc(NC/C=C/C)nc(N2CCC(NC(c3ccc(F)cc3)c3ccc(F)cc3)CC2)n1.Cl. The number of nitrogens with zero attached hydrogens (tertiary/aromatic N) is 4. The zero-order valence-corrected chi connectivity index (χ0v) is 23.1. The predicted molar refractivity (Wildman–Crippen MR) is 157 cm³/mol. The van der Waals surface area contributed by atoms with Crippen LogP contribution in [-0.4, -0.2) is 47.2 Å². The molecule has 7 nitrogen and oxygen atoms in total. The van der Waals surface area contributed by atoms with E-state index in [1.165, 1.54) is 24.3 Å². The summed E-state index contributed by atoms with van der Waals surface area (Å²) >= 11 is 0. The molecule has 39 heavy (non-hydrogen) atoms. The van der Waals surface area contributed by atoms with Crippen LogP contribution in [0.5, 0.6) is 0 Å². The molecule has 2 heterocycles. The highest BCUT2D eigenvalue weighted by Crippen LogP contribution is 2.26. The van der Waals surface area contributed by atoms with Crippen LogP contribution in [0.2, 0.25) is 0 Å². The summed E-state index contributed by atoms with van der Waals surface area (Å²) in [5.74, 6) is 1.14. The monoisotopic (exact) mass is 555 g/mol. The minimum absolute atomic E-state index is 0. The van der Waals surface area contributed by atoms with Gasteiger partial charge in [0.1, 0.15) is 11.6 Å². The van der Waals surface area contributed by atoms with Crippen molar-refractivity contribution in [3.63, 3.8) is 0 Å². The first kappa shape index (κ1) is 30.0. The first-order valence-corrected chi connectivity index (χ1v) is 13.0. The Morgan fingerprint density at radius 2 is 1.26 bits per heavy atom. The van der Waals surface area contributed by atoms with Crippen molar-refractivity contribution in [2.75, 3.05) is 41.7 Å². The maximum atomic E-state index is 13.6. The second-order valence-electron chi connectivity index (χ2n) is 9.15. The first-order chi connectivity index (χ1) is 18.6. The second-order valence-corrected chi connectivity index (χ2v) is 9.15. The lowest BCUT2D eigenvalue weighted by Crippen LogP contribution is -2.44. The van der Waals surface area contributed by atoms with Gasteiger partial charge in [0.25, 0.3) is 0 Å². The first-order valence-electron chi connectivity index (χ1n) is 13.0. The van der Waals surface area contributed by atoms with E-state index in [0.29, 0.717) is 30.9 Å². The third-order valence-electron chi connectivity index (χ3n) is 6.44. The van der Waals surface area contributed by atoms with Gasteiger partial charge in [-0.3, -0.25) is 0 Å². The molecule has 3 aromatic rings. The molecular weight excluding hydrogens is 520 g/mol. The van der Waals surface area contributed by atoms with E-state index < -0.39 is 0 Å². The minimum Gasteiger partial charge on any atom is -0.351 e. The molecule has 4 rings (SSSR count). The highest BCUT2D eigenvalue weighted by molar-refractivity contribution is 5.85. The zero-order chi connectivity index (χ0) is 26.7. The number of nitrogens with one attached hydrogen (secondary N) is 3. The van der Waals surface area contributed by atoms with Crippen molar-refractivity contribution >= 4 is 30.3 Å². The van der Waals surface area contributed by atoms with E-state index in [-0.39, 0.29) is 36.1 Å². The Bertz CT molecular complexity index is 1130. The predicted octanol–water partition coefficient (Wildman–Crippen LogP) is 5.90. The molecule has 1 fully saturated rings. The molecule has 0 amide bonds. The number of piperidine rings is 1. The van der Waals surface area contributed by atoms with Crippen LogP contribution in [0.1, 0.15) is 43.9 Å². The van der Waals surface area contributed by atoms with Gasteiger partial charge in [0, 0.05) is 32.2 Å². The molecule has 1 aromatic heterocycles. The van der Waals surface area contributed by atoms with Crippen LogP contribution in [-0.2, 0) is 0 Å². The van der Waals surface area contributed by atoms with Crippen molar-refractivity contribution in [1.29, 1.82) is 0 Å². The van der Waals surface area contributed by atoms with Crippen LogP contribution < -0.4 is 20.9 Å². The fourth-order valence-electron chi connectivity index (χ4n) is 4.38. The summed E-state index contributed by atoms with van der Waals surface area (Å²) in [4.78, 5) is 16.0. The van der Waals surface area contributed by atoms with Gasteiger partial charge < -0.3 is 20.9 Å². The van der Waals surface area contributed by atoms with Gasteiger partial charge in [0.05, 0.1) is 6.04 Å². The van der Waals surface area contributed by atoms with Crippen molar-refractivity contribution < 1.29 is 8.78 Å². The largest absolute Gasteiger partial charge is 0.351 e. The molecule has 0 atom stereocenters. The molecule has 0 saturated carbocycles. The maximum Gasteiger partial charge on any atom is 0.231 e. The van der Waals surface area contributed by atoms with Crippen LogP contribution in [0, 0.1) is 11.6 Å². The summed E-state index contributed by atoms with van der Waals surface area (Å²) < 4.78 is 27.2. The quantitative estimate of drug-likeness (QED) is 0.254. The van der Waals surface area contributed by atoms with E-state index in [9.17, 15) is 8.78 Å². The number of anilines is 3. The molecular formula is C29H36ClF2N7. The van der Waals surface area contributed by atoms with E-state index in [1.807, 2.05) is 38.2 Å². The number of allylic oxidation sites excluding steroid dienone is 2. The third kappa shape index (κ3) is 8.73. The molecule has 2 aromatic carbocycles. The molecule has 0 radical (unpaired) electrons. The molecule has 10 heteroatoms. The van der Waals surface area contributed by atoms with Gasteiger partial charge in [-0.1, -0.05) is 48.6 Å². The number of hydrogen-bond donors (Lipinski definition) is 3. The van der Waals surface area contributed by atoms with E-state index in [4.69, 9.17) is 0 Å². The number of hydrogen-bond acceptors (Lipinski definition) is 7. The zero-order valence-electron chi connectivity index (χ0n) is 22.3. The third-order valence-corrected chi connectivity index (χ3v) is 6.44. The molecule has 1 saturated heterocycles. The summed E-state index contributed by atoms with van der Waals surface area (Å²) in [7, 11) is 0. The van der Waals surface area contributed by atoms with Gasteiger partial charge in [-0.2, -0.15) is 15.0 Å². The maximum absolute atomic E-state index is 13.6. The summed E-state index contributed by atoms with van der Waals surface area (Å²) in [6.45, 7) is 6.75. The Labute approximate surface area is 235 Å². The molecule has 1 aliphatic rings. The van der Waals surface area contributed by atoms with Crippen molar-refractivity contribution in [3.05, 3.63) is 95.6 Å². The van der Waals surface area contributed by atoms with E-state index in [2.05, 4.69) is 35.8 Å². The van der Waals surface area contributed by atoms with Crippen LogP contribution in [0.25, 0.3) is 0 Å². The minimum atomic E-state index is -0.281. The van der Waals surface area contributed by atoms with Crippen LogP contribution in [0.15, 0.2) is 72.8 Å². The van der Waals surface area contributed by atoms with Gasteiger partial charge in [-0.05, 0) is 62.1 Å². The van der Waals surface area contributed by atoms with Gasteiger partial charge >= 0.3 is 0 Å². The average Bonchev–Trinajstić information content (AvgIpc) is 2.93. The number of aromatic nitrogens is 3. The summed E-state index contributed by atoms with van der Waals surface area (Å²) in [5, 5.41) is 10.2. The van der Waals surface area contributed by atoms with Gasteiger partial charge in [0.2, 0.25) is 17.8 Å². The standard InChI is InChI=1S/C29H35F2N7.ClH/c1-3-5-17-32-27-35-28(33-18-6-4-2)37-29(36-27)38-19-15-25(16-20-38)34-26(21-7-11-23(30)12-8-21)22-9-13-24(31)14-10-22;/h3-14,25-26,34H,15-20H2,1-2H3,(H2,32,33,35,36,37);1H/b5-3+,6-4+;. The Morgan fingerprint density at radius 3 is 1.69 bits per heavy atom. The van der Waals surface area contributed by atoms with Crippen LogP contribution >= 0.6 is 12.4 Å². The Balaban J connectivity index is 0.00000420. The smallest absolute Gasteiger partial charge is 0.231 e. The molecule has 0 bridgehead atoms. The normalized spacial score (nSPS) is 14.2. The summed E-state index contributed by atoms with van der Waals surface area (Å²) in [5.41, 5.74) is 1.87. The van der Waals surface area contributed by atoms with Crippen LogP contribution in [0.3, 0.4) is 0 Å². The molecule has 0 spiro atoms. The van der Waals surface area contributed by atoms with Crippen molar-refractivity contribution in [3.8, 4) is 0 Å². The number of benzene rings is 2. The fraction of sp³-hybridized carbons (Fsp3) is 0.345. The Morgan fingerprint density at radius 1 is 0.795 bits per heavy atom. The number of rotatable bonds is 11. The Kier molecular flexibility index (Phi) is 11.6. The van der Waals surface area contributed by atoms with Crippen LogP contribution in [0.4, 0.5) is 26.6 Å². The van der Waals surface area contributed by atoms with Crippen molar-refractivity contribution in [1.82, 2.24) is 20.3 Å². The highest BCUT2D eigenvalue weighted by atomic mass is 35.5. The Hall–Kier alpha value is -3.56. The topological polar surface area (TPSA) is 78.0 Å². The molecule has 3 N–H and O–H groups in total. The molecule has 208 valence electrons. The highest BCUT2D eigenvalue weighted by Gasteiger charge is 2.25. The lowest BCUT2D eigenvalue weighted by Gasteiger charge is -2.35. The van der Waals surface area contributed by atoms with Crippen molar-refractivity contribution in [2.45, 2.75) is 38.8 Å². The van der Waals surface area contributed by atoms with Gasteiger partial charge in [0.15, 0.2) is 0 Å². The van der Waals surface area contributed by atoms with E-state index in [0.717, 1.165) is 37.1 Å². The fourth-order valence-corrected chi connectivity index (χ4v) is 4.38. The van der Waals surface area contributed by atoms with E-state index >= 15 is 0 Å². The van der Waals surface area contributed by atoms with Crippen molar-refractivity contribution in [2.24, 2.45) is 0 Å². The molecule has 1 aliphatic heterocycles. The average molecular weight is 556 g/mol. The summed E-state index contributed by atoms with van der Waals surface area (Å²) in [6.07, 6.45) is 9.70. The molecule has 0 unspecified atom stereocenters. The van der Waals surface area contributed by atoms with Gasteiger partial charge in [-0.15, -0.1) is 12.4 Å². The van der Waals surface area contributed by atoms with Gasteiger partial charge in [-0.25, -0.2) is 8.78 Å². The summed E-state index contributed by atoms with van der Waals surface area (Å²) in [6, 6.07) is 13.0. The lowest BCUT2D eigenvalue weighted by atomic mass is 9.95. The lowest BCUT2D eigenvalue weighted by molar-refractivity contribution is 0.388. The van der Waals surface area contributed by atoms with E-state index in [1.54, 1.807) is 24.3 Å². The molecule has 0 aliphatic carbocycles. The number of halogens is 3.